The van der Waals surface area contributed by atoms with Gasteiger partial charge in [-0.15, -0.1) is 0 Å². The number of benzene rings is 2. The van der Waals surface area contributed by atoms with Gasteiger partial charge in [0.25, 0.3) is 0 Å². The van der Waals surface area contributed by atoms with Crippen LogP contribution in [0.15, 0.2) is 54.9 Å². The SMILES string of the molecule is CCCCN(C)c1cc(NC(=O)Nc2ccc(C)c(Nc3cc(C)nn3-c3cc(NC)ncn3)c2)cc(C(F)(F)F)c1. The number of nitrogens with zero attached hydrogens (tertiary/aromatic N) is 5. The molecule has 0 radical (unpaired) electrons. The Kier molecular flexibility index (Phi) is 9.18. The van der Waals surface area contributed by atoms with E-state index >= 15 is 0 Å². The van der Waals surface area contributed by atoms with Crippen LogP contribution in [0.3, 0.4) is 0 Å². The van der Waals surface area contributed by atoms with Gasteiger partial charge in [-0.3, -0.25) is 0 Å². The summed E-state index contributed by atoms with van der Waals surface area (Å²) in [6.45, 7) is 6.37. The number of carbonyl (C=O) groups is 1. The minimum Gasteiger partial charge on any atom is -0.375 e. The van der Waals surface area contributed by atoms with Gasteiger partial charge in [0.2, 0.25) is 0 Å². The molecule has 0 aliphatic heterocycles. The third-order valence-electron chi connectivity index (χ3n) is 6.51. The Bertz CT molecular complexity index is 1550. The molecule has 222 valence electrons. The van der Waals surface area contributed by atoms with E-state index in [0.29, 0.717) is 41.1 Å². The van der Waals surface area contributed by atoms with E-state index in [2.05, 4.69) is 36.3 Å². The zero-order chi connectivity index (χ0) is 30.4. The first-order chi connectivity index (χ1) is 20.0. The summed E-state index contributed by atoms with van der Waals surface area (Å²) in [5, 5.41) is 16.1. The van der Waals surface area contributed by atoms with Crippen molar-refractivity contribution < 1.29 is 18.0 Å². The lowest BCUT2D eigenvalue weighted by Crippen LogP contribution is -2.22. The molecular formula is C29H34F3N9O. The van der Waals surface area contributed by atoms with Gasteiger partial charge in [-0.1, -0.05) is 19.4 Å². The van der Waals surface area contributed by atoms with E-state index in [0.717, 1.165) is 36.2 Å². The lowest BCUT2D eigenvalue weighted by atomic mass is 10.1. The van der Waals surface area contributed by atoms with Crippen LogP contribution in [0.2, 0.25) is 0 Å². The maximum absolute atomic E-state index is 13.6. The Morgan fingerprint density at radius 1 is 1.00 bits per heavy atom. The van der Waals surface area contributed by atoms with Crippen LogP contribution in [0.1, 0.15) is 36.6 Å². The smallest absolute Gasteiger partial charge is 0.375 e. The number of hydrogen-bond acceptors (Lipinski definition) is 7. The molecule has 2 amide bonds. The lowest BCUT2D eigenvalue weighted by Gasteiger charge is -2.22. The molecule has 2 heterocycles. The fraction of sp³-hybridized carbons (Fsp3) is 0.310. The van der Waals surface area contributed by atoms with Crippen LogP contribution in [0.5, 0.6) is 0 Å². The summed E-state index contributed by atoms with van der Waals surface area (Å²) < 4.78 is 42.5. The number of hydrogen-bond donors (Lipinski definition) is 4. The van der Waals surface area contributed by atoms with Crippen molar-refractivity contribution in [2.24, 2.45) is 0 Å². The van der Waals surface area contributed by atoms with E-state index < -0.39 is 17.8 Å². The van der Waals surface area contributed by atoms with Gasteiger partial charge in [-0.2, -0.15) is 23.0 Å². The van der Waals surface area contributed by atoms with E-state index in [4.69, 9.17) is 0 Å². The molecule has 0 aliphatic rings. The van der Waals surface area contributed by atoms with Crippen LogP contribution in [-0.2, 0) is 6.18 Å². The van der Waals surface area contributed by atoms with E-state index in [-0.39, 0.29) is 5.69 Å². The second kappa shape index (κ2) is 12.8. The molecule has 0 aliphatic carbocycles. The number of aryl methyl sites for hydroxylation is 2. The Hall–Kier alpha value is -4.81. The highest BCUT2D eigenvalue weighted by Gasteiger charge is 2.31. The van der Waals surface area contributed by atoms with Crippen molar-refractivity contribution in [3.8, 4) is 5.82 Å². The topological polar surface area (TPSA) is 112 Å². The van der Waals surface area contributed by atoms with Crippen LogP contribution in [0, 0.1) is 13.8 Å². The van der Waals surface area contributed by atoms with Crippen molar-refractivity contribution in [1.29, 1.82) is 0 Å². The van der Waals surface area contributed by atoms with Crippen molar-refractivity contribution in [1.82, 2.24) is 19.7 Å². The first kappa shape index (κ1) is 30.2. The van der Waals surface area contributed by atoms with Crippen LogP contribution >= 0.6 is 0 Å². The summed E-state index contributed by atoms with van der Waals surface area (Å²) in [5.74, 6) is 1.83. The molecule has 0 spiro atoms. The average Bonchev–Trinajstić information content (AvgIpc) is 3.32. The van der Waals surface area contributed by atoms with E-state index in [1.165, 1.54) is 12.4 Å². The minimum atomic E-state index is -4.56. The number of urea groups is 1. The molecule has 0 unspecified atom stereocenters. The number of carbonyl (C=O) groups excluding carboxylic acids is 1. The van der Waals surface area contributed by atoms with Crippen molar-refractivity contribution in [2.45, 2.75) is 39.8 Å². The Morgan fingerprint density at radius 2 is 1.76 bits per heavy atom. The van der Waals surface area contributed by atoms with Crippen molar-refractivity contribution >= 4 is 40.4 Å². The van der Waals surface area contributed by atoms with Gasteiger partial charge in [-0.05, 0) is 56.2 Å². The molecule has 4 rings (SSSR count). The van der Waals surface area contributed by atoms with Gasteiger partial charge in [0.15, 0.2) is 5.82 Å². The van der Waals surface area contributed by atoms with Gasteiger partial charge in [0.05, 0.1) is 11.3 Å². The standard InChI is InChI=1S/C29H34F3N9O/c1-6-7-10-40(5)23-13-20(29(30,31)32)12-22(14-23)37-28(42)36-21-9-8-18(2)24(15-21)38-27-11-19(3)39-41(27)26-16-25(33-4)34-17-35-26/h8-9,11-17,38H,6-7,10H2,1-5H3,(H,33,34,35)(H2,36,37,42). The van der Waals surface area contributed by atoms with E-state index in [1.807, 2.05) is 32.9 Å². The highest BCUT2D eigenvalue weighted by molar-refractivity contribution is 6.00. The Balaban J connectivity index is 1.54. The molecule has 42 heavy (non-hydrogen) atoms. The molecular weight excluding hydrogens is 547 g/mol. The second-order valence-corrected chi connectivity index (χ2v) is 9.87. The zero-order valence-corrected chi connectivity index (χ0v) is 24.1. The van der Waals surface area contributed by atoms with Crippen LogP contribution in [-0.4, -0.2) is 46.4 Å². The molecule has 2 aromatic carbocycles. The highest BCUT2D eigenvalue weighted by atomic mass is 19.4. The van der Waals surface area contributed by atoms with E-state index in [1.54, 1.807) is 41.9 Å². The zero-order valence-electron chi connectivity index (χ0n) is 24.1. The predicted octanol–water partition coefficient (Wildman–Crippen LogP) is 6.96. The summed E-state index contributed by atoms with van der Waals surface area (Å²) in [6.07, 6.45) is -1.38. The first-order valence-corrected chi connectivity index (χ1v) is 13.4. The van der Waals surface area contributed by atoms with Crippen LogP contribution in [0.25, 0.3) is 5.82 Å². The number of nitrogens with one attached hydrogen (secondary N) is 4. The normalized spacial score (nSPS) is 11.2. The molecule has 2 aromatic heterocycles. The molecule has 0 fully saturated rings. The van der Waals surface area contributed by atoms with Crippen LogP contribution < -0.4 is 26.2 Å². The third-order valence-corrected chi connectivity index (χ3v) is 6.51. The fourth-order valence-corrected chi connectivity index (χ4v) is 4.22. The monoisotopic (exact) mass is 581 g/mol. The largest absolute Gasteiger partial charge is 0.416 e. The number of halogens is 3. The van der Waals surface area contributed by atoms with Gasteiger partial charge in [0, 0.05) is 55.5 Å². The maximum Gasteiger partial charge on any atom is 0.416 e. The average molecular weight is 582 g/mol. The summed E-state index contributed by atoms with van der Waals surface area (Å²) >= 11 is 0. The van der Waals surface area contributed by atoms with Gasteiger partial charge in [0.1, 0.15) is 18.0 Å². The molecule has 10 nitrogen and oxygen atoms in total. The second-order valence-electron chi connectivity index (χ2n) is 9.87. The number of anilines is 6. The molecule has 0 saturated heterocycles. The number of unbranched alkanes of at least 4 members (excludes halogenated alkanes) is 1. The highest BCUT2D eigenvalue weighted by Crippen LogP contribution is 2.34. The van der Waals surface area contributed by atoms with Crippen LogP contribution in [0.4, 0.5) is 52.4 Å². The van der Waals surface area contributed by atoms with Gasteiger partial charge < -0.3 is 26.2 Å². The van der Waals surface area contributed by atoms with Crippen molar-refractivity contribution in [3.63, 3.8) is 0 Å². The van der Waals surface area contributed by atoms with E-state index in [9.17, 15) is 18.0 Å². The summed E-state index contributed by atoms with van der Waals surface area (Å²) in [6, 6.07) is 11.7. The third kappa shape index (κ3) is 7.47. The Morgan fingerprint density at radius 3 is 2.48 bits per heavy atom. The van der Waals surface area contributed by atoms with Crippen molar-refractivity contribution in [2.75, 3.05) is 46.8 Å². The fourth-order valence-electron chi connectivity index (χ4n) is 4.22. The molecule has 13 heteroatoms. The number of amides is 2. The molecule has 4 aromatic rings. The summed E-state index contributed by atoms with van der Waals surface area (Å²) in [4.78, 5) is 23.1. The van der Waals surface area contributed by atoms with Crippen molar-refractivity contribution in [3.05, 3.63) is 71.7 Å². The molecule has 4 N–H and O–H groups in total. The maximum atomic E-state index is 13.6. The minimum absolute atomic E-state index is 0.0382. The summed E-state index contributed by atoms with van der Waals surface area (Å²) in [5.41, 5.74) is 2.35. The number of alkyl halides is 3. The Labute approximate surface area is 242 Å². The number of aromatic nitrogens is 4. The number of rotatable bonds is 10. The summed E-state index contributed by atoms with van der Waals surface area (Å²) in [7, 11) is 3.49. The lowest BCUT2D eigenvalue weighted by molar-refractivity contribution is -0.137. The quantitative estimate of drug-likeness (QED) is 0.160. The molecule has 0 bridgehead atoms. The molecule has 0 saturated carbocycles. The predicted molar refractivity (Wildman–Crippen MR) is 160 cm³/mol. The van der Waals surface area contributed by atoms with Gasteiger partial charge in [-0.25, -0.2) is 14.8 Å². The first-order valence-electron chi connectivity index (χ1n) is 13.4. The van der Waals surface area contributed by atoms with Gasteiger partial charge >= 0.3 is 12.2 Å². The molecule has 0 atom stereocenters.